The van der Waals surface area contributed by atoms with E-state index >= 15 is 0 Å². The van der Waals surface area contributed by atoms with E-state index in [0.29, 0.717) is 16.8 Å². The van der Waals surface area contributed by atoms with E-state index in [-0.39, 0.29) is 16.3 Å². The molecule has 0 spiro atoms. The SMILES string of the molecule is COc1ccc2[nH]c(=O)c(CNS(=O)(=O)c3ccc(C)s3)cc2c1. The minimum Gasteiger partial charge on any atom is -0.497 e. The predicted octanol–water partition coefficient (Wildman–Crippen LogP) is 2.39. The molecule has 0 saturated heterocycles. The summed E-state index contributed by atoms with van der Waals surface area (Å²) in [6.07, 6.45) is 0. The first-order valence-corrected chi connectivity index (χ1v) is 9.45. The number of ether oxygens (including phenoxy) is 1. The van der Waals surface area contributed by atoms with Gasteiger partial charge in [0.1, 0.15) is 9.96 Å². The second-order valence-electron chi connectivity index (χ2n) is 5.27. The molecule has 8 heteroatoms. The summed E-state index contributed by atoms with van der Waals surface area (Å²) >= 11 is 1.19. The van der Waals surface area contributed by atoms with Crippen LogP contribution in [0.3, 0.4) is 0 Å². The molecule has 0 aliphatic rings. The summed E-state index contributed by atoms with van der Waals surface area (Å²) in [5, 5.41) is 0.773. The van der Waals surface area contributed by atoms with Crippen molar-refractivity contribution < 1.29 is 13.2 Å². The Balaban J connectivity index is 1.89. The standard InChI is InChI=1S/C16H16N2O4S2/c1-10-3-6-15(23-10)24(20,21)17-9-12-7-11-8-13(22-2)4-5-14(11)18-16(12)19/h3-8,17H,9H2,1-2H3,(H,18,19). The first-order valence-electron chi connectivity index (χ1n) is 7.15. The number of rotatable bonds is 5. The highest BCUT2D eigenvalue weighted by molar-refractivity contribution is 7.91. The van der Waals surface area contributed by atoms with Crippen LogP contribution in [-0.4, -0.2) is 20.5 Å². The molecule has 0 amide bonds. The topological polar surface area (TPSA) is 88.3 Å². The lowest BCUT2D eigenvalue weighted by Gasteiger charge is -2.07. The summed E-state index contributed by atoms with van der Waals surface area (Å²) in [6.45, 7) is 1.76. The molecule has 0 unspecified atom stereocenters. The third-order valence-electron chi connectivity index (χ3n) is 3.56. The third-order valence-corrected chi connectivity index (χ3v) is 6.46. The highest BCUT2D eigenvalue weighted by atomic mass is 32.2. The molecule has 0 radical (unpaired) electrons. The van der Waals surface area contributed by atoms with Crippen molar-refractivity contribution in [1.29, 1.82) is 0 Å². The molecule has 24 heavy (non-hydrogen) atoms. The van der Waals surface area contributed by atoms with Gasteiger partial charge in [0.25, 0.3) is 5.56 Å². The lowest BCUT2D eigenvalue weighted by Crippen LogP contribution is -2.26. The summed E-state index contributed by atoms with van der Waals surface area (Å²) in [5.74, 6) is 0.662. The number of pyridine rings is 1. The molecular formula is C16H16N2O4S2. The van der Waals surface area contributed by atoms with Crippen molar-refractivity contribution in [1.82, 2.24) is 9.71 Å². The fourth-order valence-corrected chi connectivity index (χ4v) is 4.62. The number of sulfonamides is 1. The third kappa shape index (κ3) is 3.35. The van der Waals surface area contributed by atoms with E-state index < -0.39 is 10.0 Å². The summed E-state index contributed by atoms with van der Waals surface area (Å²) in [5.41, 5.74) is 0.687. The number of hydrogen-bond acceptors (Lipinski definition) is 5. The molecule has 2 heterocycles. The highest BCUT2D eigenvalue weighted by Gasteiger charge is 2.16. The lowest BCUT2D eigenvalue weighted by atomic mass is 10.1. The minimum absolute atomic E-state index is 0.0816. The van der Waals surface area contributed by atoms with Gasteiger partial charge >= 0.3 is 0 Å². The van der Waals surface area contributed by atoms with Gasteiger partial charge in [-0.05, 0) is 43.3 Å². The number of thiophene rings is 1. The zero-order valence-electron chi connectivity index (χ0n) is 13.1. The normalized spacial score (nSPS) is 11.8. The fraction of sp³-hybridized carbons (Fsp3) is 0.188. The van der Waals surface area contributed by atoms with Crippen LogP contribution in [0.4, 0.5) is 0 Å². The maximum Gasteiger partial charge on any atom is 0.252 e. The van der Waals surface area contributed by atoms with Gasteiger partial charge in [0.05, 0.1) is 7.11 Å². The van der Waals surface area contributed by atoms with Crippen molar-refractivity contribution in [3.8, 4) is 5.75 Å². The monoisotopic (exact) mass is 364 g/mol. The van der Waals surface area contributed by atoms with Gasteiger partial charge in [0.15, 0.2) is 0 Å². The molecule has 1 aromatic carbocycles. The molecule has 3 aromatic rings. The predicted molar refractivity (Wildman–Crippen MR) is 94.2 cm³/mol. The number of hydrogen-bond donors (Lipinski definition) is 2. The average Bonchev–Trinajstić information content (AvgIpc) is 3.00. The van der Waals surface area contributed by atoms with E-state index in [0.717, 1.165) is 10.3 Å². The summed E-state index contributed by atoms with van der Waals surface area (Å²) in [7, 11) is -2.07. The van der Waals surface area contributed by atoms with Crippen LogP contribution in [0, 0.1) is 6.92 Å². The molecule has 2 aromatic heterocycles. The minimum atomic E-state index is -3.63. The second-order valence-corrected chi connectivity index (χ2v) is 8.55. The molecule has 0 bridgehead atoms. The Labute approximate surface area is 143 Å². The molecule has 2 N–H and O–H groups in total. The first kappa shape index (κ1) is 16.7. The van der Waals surface area contributed by atoms with E-state index in [1.807, 2.05) is 6.92 Å². The molecular weight excluding hydrogens is 348 g/mol. The van der Waals surface area contributed by atoms with Gasteiger partial charge in [-0.25, -0.2) is 13.1 Å². The van der Waals surface area contributed by atoms with Crippen molar-refractivity contribution >= 4 is 32.3 Å². The Morgan fingerprint density at radius 1 is 1.21 bits per heavy atom. The van der Waals surface area contributed by atoms with Crippen LogP contribution in [0.1, 0.15) is 10.4 Å². The number of methoxy groups -OCH3 is 1. The van der Waals surface area contributed by atoms with E-state index in [9.17, 15) is 13.2 Å². The number of fused-ring (bicyclic) bond motifs is 1. The van der Waals surface area contributed by atoms with Gasteiger partial charge in [0.2, 0.25) is 10.0 Å². The number of aromatic nitrogens is 1. The summed E-state index contributed by atoms with van der Waals surface area (Å²) in [4.78, 5) is 15.8. The molecule has 3 rings (SSSR count). The summed E-state index contributed by atoms with van der Waals surface area (Å²) < 4.78 is 32.4. The van der Waals surface area contributed by atoms with Crippen LogP contribution in [0.2, 0.25) is 0 Å². The van der Waals surface area contributed by atoms with Gasteiger partial charge < -0.3 is 9.72 Å². The van der Waals surface area contributed by atoms with E-state index in [2.05, 4.69) is 9.71 Å². The van der Waals surface area contributed by atoms with E-state index in [4.69, 9.17) is 4.74 Å². The Bertz CT molecular complexity index is 1050. The van der Waals surface area contributed by atoms with Gasteiger partial charge in [-0.2, -0.15) is 0 Å². The van der Waals surface area contributed by atoms with Crippen LogP contribution in [0.15, 0.2) is 45.4 Å². The van der Waals surface area contributed by atoms with Crippen LogP contribution in [0.25, 0.3) is 10.9 Å². The van der Waals surface area contributed by atoms with Gasteiger partial charge in [-0.1, -0.05) is 0 Å². The number of aryl methyl sites for hydroxylation is 1. The molecule has 0 aliphatic heterocycles. The maximum atomic E-state index is 12.3. The van der Waals surface area contributed by atoms with Gasteiger partial charge in [-0.3, -0.25) is 4.79 Å². The molecule has 126 valence electrons. The Morgan fingerprint density at radius 2 is 2.00 bits per heavy atom. The van der Waals surface area contributed by atoms with Crippen molar-refractivity contribution in [3.05, 3.63) is 57.2 Å². The van der Waals surface area contributed by atoms with Crippen LogP contribution in [0.5, 0.6) is 5.75 Å². The Hall–Kier alpha value is -2.16. The smallest absolute Gasteiger partial charge is 0.252 e. The average molecular weight is 364 g/mol. The van der Waals surface area contributed by atoms with E-state index in [1.54, 1.807) is 43.5 Å². The lowest BCUT2D eigenvalue weighted by molar-refractivity contribution is 0.415. The van der Waals surface area contributed by atoms with Crippen molar-refractivity contribution in [2.45, 2.75) is 17.7 Å². The largest absolute Gasteiger partial charge is 0.497 e. The van der Waals surface area contributed by atoms with Crippen LogP contribution >= 0.6 is 11.3 Å². The highest BCUT2D eigenvalue weighted by Crippen LogP contribution is 2.21. The zero-order chi connectivity index (χ0) is 17.3. The quantitative estimate of drug-likeness (QED) is 0.728. The number of H-pyrrole nitrogens is 1. The zero-order valence-corrected chi connectivity index (χ0v) is 14.8. The van der Waals surface area contributed by atoms with E-state index in [1.165, 1.54) is 11.3 Å². The molecule has 6 nitrogen and oxygen atoms in total. The second kappa shape index (κ2) is 6.39. The number of benzene rings is 1. The summed E-state index contributed by atoms with van der Waals surface area (Å²) in [6, 6.07) is 10.2. The fourth-order valence-electron chi connectivity index (χ4n) is 2.29. The van der Waals surface area contributed by atoms with Crippen molar-refractivity contribution in [2.75, 3.05) is 7.11 Å². The molecule has 0 atom stereocenters. The molecule has 0 aliphatic carbocycles. The van der Waals surface area contributed by atoms with Crippen LogP contribution in [-0.2, 0) is 16.6 Å². The molecule has 0 fully saturated rings. The molecule has 0 saturated carbocycles. The Kier molecular flexibility index (Phi) is 4.44. The van der Waals surface area contributed by atoms with Crippen molar-refractivity contribution in [2.24, 2.45) is 0 Å². The van der Waals surface area contributed by atoms with Crippen LogP contribution < -0.4 is 15.0 Å². The van der Waals surface area contributed by atoms with Gasteiger partial charge in [0, 0.05) is 27.9 Å². The number of aromatic amines is 1. The maximum absolute atomic E-state index is 12.3. The Morgan fingerprint density at radius 3 is 2.67 bits per heavy atom. The van der Waals surface area contributed by atoms with Crippen molar-refractivity contribution in [3.63, 3.8) is 0 Å². The number of nitrogens with one attached hydrogen (secondary N) is 2. The first-order chi connectivity index (χ1) is 11.4. The van der Waals surface area contributed by atoms with Gasteiger partial charge in [-0.15, -0.1) is 11.3 Å².